The van der Waals surface area contributed by atoms with Crippen LogP contribution >= 0.6 is 0 Å². The van der Waals surface area contributed by atoms with Crippen LogP contribution in [0.4, 0.5) is 5.82 Å². The van der Waals surface area contributed by atoms with Gasteiger partial charge in [-0.2, -0.15) is 0 Å². The molecule has 128 valence electrons. The highest BCUT2D eigenvalue weighted by Crippen LogP contribution is 2.36. The van der Waals surface area contributed by atoms with Crippen LogP contribution < -0.4 is 16.9 Å². The van der Waals surface area contributed by atoms with Crippen molar-refractivity contribution in [3.05, 3.63) is 28.3 Å². The molecule has 1 aliphatic rings. The second-order valence-electron chi connectivity index (χ2n) is 5.83. The quantitative estimate of drug-likeness (QED) is 0.417. The van der Waals surface area contributed by atoms with Gasteiger partial charge in [-0.15, -0.1) is 0 Å². The van der Waals surface area contributed by atoms with Crippen LogP contribution in [0.15, 0.2) is 17.3 Å². The number of aliphatic hydroxyl groups is 3. The van der Waals surface area contributed by atoms with E-state index in [4.69, 9.17) is 11.5 Å². The minimum absolute atomic E-state index is 0.0806. The lowest BCUT2D eigenvalue weighted by Gasteiger charge is -2.22. The van der Waals surface area contributed by atoms with Gasteiger partial charge in [0, 0.05) is 18.7 Å². The molecule has 1 aliphatic carbocycles. The fraction of sp³-hybridized carbons (Fsp3) is 0.429. The highest BCUT2D eigenvalue weighted by molar-refractivity contribution is 5.97. The molecule has 2 aromatic heterocycles. The summed E-state index contributed by atoms with van der Waals surface area (Å²) in [6, 6.07) is -0.715. The number of nitrogens with two attached hydrogens (primary N) is 2. The molecule has 4 atom stereocenters. The standard InChI is InChI=1S/C14H17N5O5/c15-12-8-10(22)6(13(16)24)2-19(14(8)18-4-17-12)7-1-5(3-20)9(21)11(7)23/h2,4-5,7,9,11,20-21,23H,1,3H2,(H2,16,24)(H2,15,17,18)/t5-,7-,9-,11+/m1/s1. The Morgan fingerprint density at radius 1 is 1.33 bits per heavy atom. The van der Waals surface area contributed by atoms with Gasteiger partial charge in [-0.05, 0) is 6.42 Å². The van der Waals surface area contributed by atoms with Crippen molar-refractivity contribution in [2.75, 3.05) is 12.3 Å². The van der Waals surface area contributed by atoms with Crippen LogP contribution in [0.2, 0.25) is 0 Å². The first kappa shape index (κ1) is 16.3. The minimum atomic E-state index is -1.22. The third-order valence-corrected chi connectivity index (χ3v) is 4.47. The summed E-state index contributed by atoms with van der Waals surface area (Å²) in [4.78, 5) is 31.8. The fourth-order valence-electron chi connectivity index (χ4n) is 3.18. The molecule has 3 rings (SSSR count). The maximum Gasteiger partial charge on any atom is 0.254 e. The van der Waals surface area contributed by atoms with Gasteiger partial charge in [0.05, 0.1) is 12.1 Å². The normalized spacial score (nSPS) is 26.8. The van der Waals surface area contributed by atoms with Crippen LogP contribution in [0.1, 0.15) is 22.8 Å². The van der Waals surface area contributed by atoms with Crippen molar-refractivity contribution < 1.29 is 20.1 Å². The molecule has 0 aromatic carbocycles. The number of carbonyl (C=O) groups excluding carboxylic acids is 1. The number of aliphatic hydroxyl groups excluding tert-OH is 3. The Kier molecular flexibility index (Phi) is 3.95. The molecule has 0 aliphatic heterocycles. The van der Waals surface area contributed by atoms with E-state index in [0.717, 1.165) is 6.33 Å². The number of anilines is 1. The van der Waals surface area contributed by atoms with Crippen molar-refractivity contribution in [2.45, 2.75) is 24.7 Å². The number of nitrogens with zero attached hydrogens (tertiary/aromatic N) is 3. The molecule has 1 fully saturated rings. The Labute approximate surface area is 135 Å². The predicted molar refractivity (Wildman–Crippen MR) is 83.0 cm³/mol. The van der Waals surface area contributed by atoms with Crippen LogP contribution in [-0.4, -0.2) is 54.6 Å². The van der Waals surface area contributed by atoms with E-state index < -0.39 is 35.5 Å². The lowest BCUT2D eigenvalue weighted by molar-refractivity contribution is -0.00372. The number of pyridine rings is 1. The highest BCUT2D eigenvalue weighted by Gasteiger charge is 2.42. The average Bonchev–Trinajstić information content (AvgIpc) is 2.83. The lowest BCUT2D eigenvalue weighted by atomic mass is 10.1. The molecule has 24 heavy (non-hydrogen) atoms. The summed E-state index contributed by atoms with van der Waals surface area (Å²) in [6.45, 7) is -0.313. The van der Waals surface area contributed by atoms with Crippen LogP contribution in [0, 0.1) is 5.92 Å². The molecule has 2 heterocycles. The van der Waals surface area contributed by atoms with Crippen LogP contribution in [0.3, 0.4) is 0 Å². The first-order valence-corrected chi connectivity index (χ1v) is 7.29. The van der Waals surface area contributed by atoms with Gasteiger partial charge < -0.3 is 31.4 Å². The molecule has 2 aromatic rings. The number of nitrogen functional groups attached to an aromatic ring is 1. The predicted octanol–water partition coefficient (Wildman–Crippen LogP) is -2.25. The van der Waals surface area contributed by atoms with Crippen molar-refractivity contribution in [2.24, 2.45) is 11.7 Å². The Bertz CT molecular complexity index is 866. The van der Waals surface area contributed by atoms with Gasteiger partial charge >= 0.3 is 0 Å². The van der Waals surface area contributed by atoms with E-state index in [1.165, 1.54) is 10.8 Å². The molecule has 0 spiro atoms. The van der Waals surface area contributed by atoms with E-state index in [-0.39, 0.29) is 35.4 Å². The molecule has 1 saturated carbocycles. The SMILES string of the molecule is NC(=O)c1cn([C@@H]2C[C@H](CO)[C@@H](O)[C@H]2O)c2ncnc(N)c2c1=O. The molecule has 0 unspecified atom stereocenters. The number of carbonyl (C=O) groups is 1. The molecule has 7 N–H and O–H groups in total. The number of primary amides is 1. The molecule has 0 saturated heterocycles. The highest BCUT2D eigenvalue weighted by atomic mass is 16.3. The molecule has 10 nitrogen and oxygen atoms in total. The summed E-state index contributed by atoms with van der Waals surface area (Å²) in [5.74, 6) is -1.62. The Balaban J connectivity index is 2.29. The first-order valence-electron chi connectivity index (χ1n) is 7.29. The monoisotopic (exact) mass is 335 g/mol. The number of fused-ring (bicyclic) bond motifs is 1. The second kappa shape index (κ2) is 5.82. The summed E-state index contributed by atoms with van der Waals surface area (Å²) in [7, 11) is 0. The summed E-state index contributed by atoms with van der Waals surface area (Å²) in [6.07, 6.45) is 0.202. The van der Waals surface area contributed by atoms with Gasteiger partial charge in [0.25, 0.3) is 5.91 Å². The Hall–Kier alpha value is -2.56. The summed E-state index contributed by atoms with van der Waals surface area (Å²) < 4.78 is 1.39. The molecule has 0 bridgehead atoms. The number of amides is 1. The molecule has 1 amide bonds. The topological polar surface area (TPSA) is 178 Å². The van der Waals surface area contributed by atoms with Gasteiger partial charge in [-0.1, -0.05) is 0 Å². The number of hydrogen-bond donors (Lipinski definition) is 5. The zero-order chi connectivity index (χ0) is 17.6. The number of aromatic nitrogens is 3. The van der Waals surface area contributed by atoms with Crippen LogP contribution in [0.5, 0.6) is 0 Å². The van der Waals surface area contributed by atoms with Gasteiger partial charge in [-0.3, -0.25) is 9.59 Å². The van der Waals surface area contributed by atoms with Crippen LogP contribution in [0.25, 0.3) is 11.0 Å². The van der Waals surface area contributed by atoms with Crippen molar-refractivity contribution in [1.29, 1.82) is 0 Å². The van der Waals surface area contributed by atoms with Gasteiger partial charge in [0.15, 0.2) is 0 Å². The van der Waals surface area contributed by atoms with E-state index in [9.17, 15) is 24.9 Å². The molecular weight excluding hydrogens is 318 g/mol. The first-order chi connectivity index (χ1) is 11.4. The van der Waals surface area contributed by atoms with Crippen molar-refractivity contribution in [3.8, 4) is 0 Å². The zero-order valence-electron chi connectivity index (χ0n) is 12.5. The maximum atomic E-state index is 12.4. The summed E-state index contributed by atoms with van der Waals surface area (Å²) in [5.41, 5.74) is 10.1. The third kappa shape index (κ3) is 2.31. The fourth-order valence-corrected chi connectivity index (χ4v) is 3.18. The van der Waals surface area contributed by atoms with E-state index in [1.807, 2.05) is 0 Å². The van der Waals surface area contributed by atoms with Crippen molar-refractivity contribution >= 4 is 22.8 Å². The number of hydrogen-bond acceptors (Lipinski definition) is 8. The smallest absolute Gasteiger partial charge is 0.254 e. The van der Waals surface area contributed by atoms with Crippen LogP contribution in [-0.2, 0) is 0 Å². The number of rotatable bonds is 3. The van der Waals surface area contributed by atoms with Gasteiger partial charge in [0.2, 0.25) is 5.43 Å². The van der Waals surface area contributed by atoms with Crippen molar-refractivity contribution in [3.63, 3.8) is 0 Å². The molecule has 0 radical (unpaired) electrons. The van der Waals surface area contributed by atoms with Gasteiger partial charge in [0.1, 0.15) is 34.8 Å². The summed E-state index contributed by atoms with van der Waals surface area (Å²) in [5, 5.41) is 29.5. The van der Waals surface area contributed by atoms with Crippen molar-refractivity contribution in [1.82, 2.24) is 14.5 Å². The van der Waals surface area contributed by atoms with E-state index in [0.29, 0.717) is 0 Å². The largest absolute Gasteiger partial charge is 0.396 e. The average molecular weight is 335 g/mol. The molecule has 10 heteroatoms. The lowest BCUT2D eigenvalue weighted by Crippen LogP contribution is -2.32. The van der Waals surface area contributed by atoms with E-state index >= 15 is 0 Å². The molecular formula is C14H17N5O5. The van der Waals surface area contributed by atoms with E-state index in [2.05, 4.69) is 9.97 Å². The third-order valence-electron chi connectivity index (χ3n) is 4.47. The minimum Gasteiger partial charge on any atom is -0.396 e. The Morgan fingerprint density at radius 2 is 2.04 bits per heavy atom. The van der Waals surface area contributed by atoms with E-state index in [1.54, 1.807) is 0 Å². The second-order valence-corrected chi connectivity index (χ2v) is 5.83. The summed E-state index contributed by atoms with van der Waals surface area (Å²) >= 11 is 0. The zero-order valence-corrected chi connectivity index (χ0v) is 12.5. The van der Waals surface area contributed by atoms with Gasteiger partial charge in [-0.25, -0.2) is 9.97 Å². The maximum absolute atomic E-state index is 12.4. The Morgan fingerprint density at radius 3 is 2.62 bits per heavy atom.